The summed E-state index contributed by atoms with van der Waals surface area (Å²) in [6.07, 6.45) is 0. The van der Waals surface area contributed by atoms with E-state index in [0.29, 0.717) is 6.54 Å². The van der Waals surface area contributed by atoms with Crippen LogP contribution in [0.25, 0.3) is 0 Å². The zero-order valence-corrected chi connectivity index (χ0v) is 14.4. The van der Waals surface area contributed by atoms with Gasteiger partial charge in [0.15, 0.2) is 0 Å². The van der Waals surface area contributed by atoms with Crippen LogP contribution in [0.1, 0.15) is 5.56 Å². The van der Waals surface area contributed by atoms with Crippen LogP contribution in [0.15, 0.2) is 59.5 Å². The lowest BCUT2D eigenvalue weighted by Gasteiger charge is -2.08. The summed E-state index contributed by atoms with van der Waals surface area (Å²) in [5, 5.41) is 7.83. The molecule has 0 saturated heterocycles. The second-order valence-electron chi connectivity index (χ2n) is 5.17. The van der Waals surface area contributed by atoms with Crippen LogP contribution < -0.4 is 16.0 Å². The Balaban J connectivity index is 1.54. The summed E-state index contributed by atoms with van der Waals surface area (Å²) >= 11 is 1.65. The minimum atomic E-state index is -0.446. The van der Waals surface area contributed by atoms with Crippen LogP contribution >= 0.6 is 11.8 Å². The van der Waals surface area contributed by atoms with Crippen LogP contribution in [0.5, 0.6) is 0 Å². The molecular formula is C18H20FN3O2S. The average Bonchev–Trinajstić information content (AvgIpc) is 2.64. The molecule has 25 heavy (non-hydrogen) atoms. The maximum atomic E-state index is 12.8. The Kier molecular flexibility index (Phi) is 7.78. The molecule has 0 aliphatic carbocycles. The number of rotatable bonds is 8. The Morgan fingerprint density at radius 1 is 0.920 bits per heavy atom. The van der Waals surface area contributed by atoms with Gasteiger partial charge >= 0.3 is 6.03 Å². The third kappa shape index (κ3) is 7.71. The van der Waals surface area contributed by atoms with Crippen LogP contribution in [0, 0.1) is 5.82 Å². The van der Waals surface area contributed by atoms with Crippen molar-refractivity contribution in [2.24, 2.45) is 0 Å². The molecule has 0 spiro atoms. The molecule has 3 amide bonds. The molecule has 7 heteroatoms. The Bertz CT molecular complexity index is 680. The second-order valence-corrected chi connectivity index (χ2v) is 6.34. The standard InChI is InChI=1S/C18H20FN3O2S/c19-15-8-6-14(7-9-15)12-21-18(24)22-13-17(23)20-10-11-25-16-4-2-1-3-5-16/h1-9H,10-13H2,(H,20,23)(H2,21,22,24). The van der Waals surface area contributed by atoms with Crippen LogP contribution in [0.2, 0.25) is 0 Å². The van der Waals surface area contributed by atoms with E-state index in [0.717, 1.165) is 16.2 Å². The predicted octanol–water partition coefficient (Wildman–Crippen LogP) is 2.53. The molecule has 0 saturated carbocycles. The van der Waals surface area contributed by atoms with Gasteiger partial charge in [0.25, 0.3) is 0 Å². The topological polar surface area (TPSA) is 70.2 Å². The Morgan fingerprint density at radius 3 is 2.36 bits per heavy atom. The number of carbonyl (C=O) groups is 2. The molecule has 132 valence electrons. The minimum absolute atomic E-state index is 0.0920. The number of hydrogen-bond acceptors (Lipinski definition) is 3. The van der Waals surface area contributed by atoms with Gasteiger partial charge in [0.2, 0.25) is 5.91 Å². The van der Waals surface area contributed by atoms with Gasteiger partial charge in [-0.05, 0) is 29.8 Å². The highest BCUT2D eigenvalue weighted by Gasteiger charge is 2.05. The number of amides is 3. The quantitative estimate of drug-likeness (QED) is 0.500. The predicted molar refractivity (Wildman–Crippen MR) is 96.8 cm³/mol. The first-order valence-electron chi connectivity index (χ1n) is 7.84. The summed E-state index contributed by atoms with van der Waals surface area (Å²) in [5.41, 5.74) is 0.777. The van der Waals surface area contributed by atoms with Gasteiger partial charge in [-0.1, -0.05) is 30.3 Å². The van der Waals surface area contributed by atoms with Gasteiger partial charge in [0.05, 0.1) is 6.54 Å². The first-order valence-corrected chi connectivity index (χ1v) is 8.83. The molecule has 5 nitrogen and oxygen atoms in total. The molecule has 0 heterocycles. The fourth-order valence-corrected chi connectivity index (χ4v) is 2.74. The summed E-state index contributed by atoms with van der Waals surface area (Å²) in [5.74, 6) is 0.188. The normalized spacial score (nSPS) is 10.1. The van der Waals surface area contributed by atoms with E-state index in [1.165, 1.54) is 12.1 Å². The largest absolute Gasteiger partial charge is 0.354 e. The lowest BCUT2D eigenvalue weighted by atomic mass is 10.2. The van der Waals surface area contributed by atoms with Crippen molar-refractivity contribution in [3.05, 3.63) is 66.0 Å². The number of thioether (sulfide) groups is 1. The van der Waals surface area contributed by atoms with Crippen molar-refractivity contribution < 1.29 is 14.0 Å². The number of nitrogens with one attached hydrogen (secondary N) is 3. The van der Waals surface area contributed by atoms with Crippen molar-refractivity contribution in [1.29, 1.82) is 0 Å². The average molecular weight is 361 g/mol. The van der Waals surface area contributed by atoms with Crippen molar-refractivity contribution in [1.82, 2.24) is 16.0 Å². The Labute approximate surface area is 150 Å². The highest BCUT2D eigenvalue weighted by molar-refractivity contribution is 7.99. The molecule has 0 aromatic heterocycles. The fraction of sp³-hybridized carbons (Fsp3) is 0.222. The molecule has 0 bridgehead atoms. The SMILES string of the molecule is O=C(CNC(=O)NCc1ccc(F)cc1)NCCSc1ccccc1. The molecule has 2 rings (SSSR count). The van der Waals surface area contributed by atoms with E-state index >= 15 is 0 Å². The van der Waals surface area contributed by atoms with E-state index in [4.69, 9.17) is 0 Å². The smallest absolute Gasteiger partial charge is 0.315 e. The van der Waals surface area contributed by atoms with Gasteiger partial charge in [-0.3, -0.25) is 4.79 Å². The van der Waals surface area contributed by atoms with Crippen LogP contribution in [0.4, 0.5) is 9.18 Å². The first kappa shape index (κ1) is 18.8. The summed E-state index contributed by atoms with van der Waals surface area (Å²) in [6, 6.07) is 15.3. The highest BCUT2D eigenvalue weighted by atomic mass is 32.2. The first-order chi connectivity index (χ1) is 12.1. The molecule has 0 radical (unpaired) electrons. The third-order valence-electron chi connectivity index (χ3n) is 3.21. The molecule has 0 unspecified atom stereocenters. The number of halogens is 1. The van der Waals surface area contributed by atoms with E-state index in [-0.39, 0.29) is 24.8 Å². The maximum absolute atomic E-state index is 12.8. The van der Waals surface area contributed by atoms with Gasteiger partial charge in [-0.15, -0.1) is 11.8 Å². The van der Waals surface area contributed by atoms with Crippen molar-refractivity contribution >= 4 is 23.7 Å². The van der Waals surface area contributed by atoms with Crippen LogP contribution in [0.3, 0.4) is 0 Å². The molecule has 0 aliphatic heterocycles. The summed E-state index contributed by atoms with van der Waals surface area (Å²) in [4.78, 5) is 24.4. The number of carbonyl (C=O) groups excluding carboxylic acids is 2. The van der Waals surface area contributed by atoms with Crippen LogP contribution in [-0.4, -0.2) is 30.8 Å². The van der Waals surface area contributed by atoms with E-state index in [2.05, 4.69) is 16.0 Å². The Morgan fingerprint density at radius 2 is 1.64 bits per heavy atom. The molecular weight excluding hydrogens is 341 g/mol. The minimum Gasteiger partial charge on any atom is -0.354 e. The fourth-order valence-electron chi connectivity index (χ4n) is 1.95. The molecule has 0 atom stereocenters. The van der Waals surface area contributed by atoms with E-state index in [1.54, 1.807) is 23.9 Å². The summed E-state index contributed by atoms with van der Waals surface area (Å²) < 4.78 is 12.8. The molecule has 0 aliphatic rings. The van der Waals surface area contributed by atoms with Gasteiger partial charge in [-0.2, -0.15) is 0 Å². The molecule has 2 aromatic carbocycles. The lowest BCUT2D eigenvalue weighted by Crippen LogP contribution is -2.42. The lowest BCUT2D eigenvalue weighted by molar-refractivity contribution is -0.119. The number of urea groups is 1. The number of benzene rings is 2. The second kappa shape index (κ2) is 10.4. The zero-order valence-electron chi connectivity index (χ0n) is 13.6. The van der Waals surface area contributed by atoms with Gasteiger partial charge in [0.1, 0.15) is 5.82 Å². The number of hydrogen-bond donors (Lipinski definition) is 3. The van der Waals surface area contributed by atoms with Crippen molar-refractivity contribution in [3.8, 4) is 0 Å². The van der Waals surface area contributed by atoms with Crippen molar-refractivity contribution in [2.75, 3.05) is 18.8 Å². The van der Waals surface area contributed by atoms with Crippen molar-refractivity contribution in [3.63, 3.8) is 0 Å². The van der Waals surface area contributed by atoms with Gasteiger partial charge in [0, 0.05) is 23.7 Å². The summed E-state index contributed by atoms with van der Waals surface area (Å²) in [6.45, 7) is 0.698. The third-order valence-corrected chi connectivity index (χ3v) is 4.23. The van der Waals surface area contributed by atoms with E-state index in [1.807, 2.05) is 30.3 Å². The van der Waals surface area contributed by atoms with E-state index in [9.17, 15) is 14.0 Å². The monoisotopic (exact) mass is 361 g/mol. The Hall–Kier alpha value is -2.54. The highest BCUT2D eigenvalue weighted by Crippen LogP contribution is 2.15. The molecule has 0 fully saturated rings. The van der Waals surface area contributed by atoms with Gasteiger partial charge < -0.3 is 16.0 Å². The maximum Gasteiger partial charge on any atom is 0.315 e. The van der Waals surface area contributed by atoms with Crippen molar-refractivity contribution in [2.45, 2.75) is 11.4 Å². The van der Waals surface area contributed by atoms with Crippen LogP contribution in [-0.2, 0) is 11.3 Å². The molecule has 2 aromatic rings. The zero-order chi connectivity index (χ0) is 17.9. The van der Waals surface area contributed by atoms with E-state index < -0.39 is 6.03 Å². The molecule has 3 N–H and O–H groups in total. The van der Waals surface area contributed by atoms with Gasteiger partial charge in [-0.25, -0.2) is 9.18 Å². The summed E-state index contributed by atoms with van der Waals surface area (Å²) in [7, 11) is 0.